The summed E-state index contributed by atoms with van der Waals surface area (Å²) in [5, 5.41) is 6.43. The average molecular weight is 325 g/mol. The van der Waals surface area contributed by atoms with Crippen LogP contribution in [-0.4, -0.2) is 19.0 Å². The molecule has 19 heavy (non-hydrogen) atoms. The van der Waals surface area contributed by atoms with Crippen LogP contribution in [0, 0.1) is 5.92 Å². The standard InChI is InChI=1S/C15H21BrN2O/c1-11(13-5-2-6-14(16)9-13)18-15(19)8-12-4-3-7-17-10-12/h2,5-6,9,11-12,17H,3-4,7-8,10H2,1H3,(H,18,19)/t11-,12?/m0/s1. The second-order valence-corrected chi connectivity index (χ2v) is 6.18. The second-order valence-electron chi connectivity index (χ2n) is 5.26. The Morgan fingerprint density at radius 3 is 3.11 bits per heavy atom. The van der Waals surface area contributed by atoms with E-state index in [9.17, 15) is 4.79 Å². The molecule has 104 valence electrons. The van der Waals surface area contributed by atoms with Gasteiger partial charge in [0.25, 0.3) is 0 Å². The fraction of sp³-hybridized carbons (Fsp3) is 0.533. The predicted octanol–water partition coefficient (Wildman–Crippen LogP) is 3.02. The Morgan fingerprint density at radius 2 is 2.42 bits per heavy atom. The summed E-state index contributed by atoms with van der Waals surface area (Å²) in [6.07, 6.45) is 2.97. The normalized spacial score (nSPS) is 20.8. The van der Waals surface area contributed by atoms with Gasteiger partial charge in [0, 0.05) is 10.9 Å². The van der Waals surface area contributed by atoms with Gasteiger partial charge in [-0.2, -0.15) is 0 Å². The van der Waals surface area contributed by atoms with Gasteiger partial charge < -0.3 is 10.6 Å². The van der Waals surface area contributed by atoms with Crippen molar-refractivity contribution in [1.82, 2.24) is 10.6 Å². The van der Waals surface area contributed by atoms with Gasteiger partial charge in [-0.15, -0.1) is 0 Å². The molecule has 0 aromatic heterocycles. The summed E-state index contributed by atoms with van der Waals surface area (Å²) in [6, 6.07) is 8.13. The zero-order chi connectivity index (χ0) is 13.7. The minimum absolute atomic E-state index is 0.0570. The number of amides is 1. The number of rotatable bonds is 4. The molecule has 1 fully saturated rings. The summed E-state index contributed by atoms with van der Waals surface area (Å²) in [6.45, 7) is 4.09. The van der Waals surface area contributed by atoms with Crippen LogP contribution in [0.2, 0.25) is 0 Å². The summed E-state index contributed by atoms with van der Waals surface area (Å²) in [5.41, 5.74) is 1.13. The molecule has 1 heterocycles. The SMILES string of the molecule is C[C@H](NC(=O)CC1CCCNC1)c1cccc(Br)c1. The van der Waals surface area contributed by atoms with Gasteiger partial charge in [-0.05, 0) is 56.5 Å². The molecule has 4 heteroatoms. The molecule has 0 aliphatic carbocycles. The summed E-state index contributed by atoms with van der Waals surface area (Å²) >= 11 is 3.46. The maximum Gasteiger partial charge on any atom is 0.220 e. The lowest BCUT2D eigenvalue weighted by atomic mass is 9.95. The molecule has 1 aliphatic rings. The van der Waals surface area contributed by atoms with E-state index in [-0.39, 0.29) is 11.9 Å². The highest BCUT2D eigenvalue weighted by Crippen LogP contribution is 2.19. The van der Waals surface area contributed by atoms with E-state index >= 15 is 0 Å². The van der Waals surface area contributed by atoms with Crippen molar-refractivity contribution in [3.8, 4) is 0 Å². The van der Waals surface area contributed by atoms with Gasteiger partial charge in [0.2, 0.25) is 5.91 Å². The molecule has 1 aromatic carbocycles. The molecular formula is C15H21BrN2O. The number of nitrogens with one attached hydrogen (secondary N) is 2. The first-order valence-electron chi connectivity index (χ1n) is 6.90. The van der Waals surface area contributed by atoms with Crippen LogP contribution in [0.4, 0.5) is 0 Å². The van der Waals surface area contributed by atoms with Crippen LogP contribution in [0.25, 0.3) is 0 Å². The van der Waals surface area contributed by atoms with Crippen molar-refractivity contribution in [3.05, 3.63) is 34.3 Å². The monoisotopic (exact) mass is 324 g/mol. The number of halogens is 1. The molecule has 3 nitrogen and oxygen atoms in total. The smallest absolute Gasteiger partial charge is 0.220 e. The Morgan fingerprint density at radius 1 is 1.58 bits per heavy atom. The van der Waals surface area contributed by atoms with Gasteiger partial charge >= 0.3 is 0 Å². The molecule has 0 saturated carbocycles. The van der Waals surface area contributed by atoms with E-state index in [4.69, 9.17) is 0 Å². The van der Waals surface area contributed by atoms with Crippen LogP contribution in [0.5, 0.6) is 0 Å². The highest BCUT2D eigenvalue weighted by Gasteiger charge is 2.18. The largest absolute Gasteiger partial charge is 0.350 e. The van der Waals surface area contributed by atoms with Crippen LogP contribution >= 0.6 is 15.9 Å². The highest BCUT2D eigenvalue weighted by atomic mass is 79.9. The van der Waals surface area contributed by atoms with Gasteiger partial charge in [0.05, 0.1) is 6.04 Å². The van der Waals surface area contributed by atoms with E-state index < -0.39 is 0 Å². The first kappa shape index (κ1) is 14.5. The maximum atomic E-state index is 12.0. The molecule has 1 saturated heterocycles. The maximum absolute atomic E-state index is 12.0. The Kier molecular flexibility index (Phi) is 5.40. The van der Waals surface area contributed by atoms with Crippen molar-refractivity contribution in [2.45, 2.75) is 32.2 Å². The lowest BCUT2D eigenvalue weighted by molar-refractivity contribution is -0.122. The van der Waals surface area contributed by atoms with E-state index in [1.165, 1.54) is 6.42 Å². The van der Waals surface area contributed by atoms with Crippen LogP contribution in [0.3, 0.4) is 0 Å². The Labute approximate surface area is 123 Å². The van der Waals surface area contributed by atoms with Crippen molar-refractivity contribution in [3.63, 3.8) is 0 Å². The molecule has 0 bridgehead atoms. The van der Waals surface area contributed by atoms with Crippen molar-refractivity contribution in [2.75, 3.05) is 13.1 Å². The Balaban J connectivity index is 1.84. The van der Waals surface area contributed by atoms with Gasteiger partial charge in [-0.3, -0.25) is 4.79 Å². The van der Waals surface area contributed by atoms with Crippen LogP contribution in [0.1, 0.15) is 37.8 Å². The Bertz CT molecular complexity index is 430. The van der Waals surface area contributed by atoms with Gasteiger partial charge in [-0.1, -0.05) is 28.1 Å². The van der Waals surface area contributed by atoms with Crippen LogP contribution in [0.15, 0.2) is 28.7 Å². The summed E-state index contributed by atoms with van der Waals surface area (Å²) in [5.74, 6) is 0.643. The number of carbonyl (C=O) groups is 1. The number of benzene rings is 1. The lowest BCUT2D eigenvalue weighted by Crippen LogP contribution is -2.35. The van der Waals surface area contributed by atoms with Crippen molar-refractivity contribution >= 4 is 21.8 Å². The zero-order valence-corrected chi connectivity index (χ0v) is 12.9. The van der Waals surface area contributed by atoms with E-state index in [2.05, 4.69) is 26.6 Å². The van der Waals surface area contributed by atoms with E-state index in [0.29, 0.717) is 12.3 Å². The second kappa shape index (κ2) is 7.06. The molecule has 0 radical (unpaired) electrons. The summed E-state index contributed by atoms with van der Waals surface area (Å²) < 4.78 is 1.04. The van der Waals surface area contributed by atoms with Gasteiger partial charge in [0.15, 0.2) is 0 Å². The minimum atomic E-state index is 0.0570. The average Bonchev–Trinajstić information content (AvgIpc) is 2.39. The van der Waals surface area contributed by atoms with Crippen molar-refractivity contribution in [2.24, 2.45) is 5.92 Å². The molecule has 1 unspecified atom stereocenters. The molecular weight excluding hydrogens is 304 g/mol. The zero-order valence-electron chi connectivity index (χ0n) is 11.3. The molecule has 1 aliphatic heterocycles. The molecule has 1 aromatic rings. The highest BCUT2D eigenvalue weighted by molar-refractivity contribution is 9.10. The summed E-state index contributed by atoms with van der Waals surface area (Å²) in [4.78, 5) is 12.0. The van der Waals surface area contributed by atoms with Crippen molar-refractivity contribution in [1.29, 1.82) is 0 Å². The molecule has 2 N–H and O–H groups in total. The Hall–Kier alpha value is -0.870. The number of hydrogen-bond acceptors (Lipinski definition) is 2. The molecule has 1 amide bonds. The number of piperidine rings is 1. The third kappa shape index (κ3) is 4.62. The predicted molar refractivity (Wildman–Crippen MR) is 80.9 cm³/mol. The van der Waals surface area contributed by atoms with Gasteiger partial charge in [0.1, 0.15) is 0 Å². The molecule has 2 atom stereocenters. The molecule has 2 rings (SSSR count). The van der Waals surface area contributed by atoms with Crippen LogP contribution < -0.4 is 10.6 Å². The topological polar surface area (TPSA) is 41.1 Å². The van der Waals surface area contributed by atoms with E-state index in [1.54, 1.807) is 0 Å². The first-order chi connectivity index (χ1) is 9.15. The fourth-order valence-corrected chi connectivity index (χ4v) is 2.94. The lowest BCUT2D eigenvalue weighted by Gasteiger charge is -2.23. The van der Waals surface area contributed by atoms with E-state index in [1.807, 2.05) is 31.2 Å². The van der Waals surface area contributed by atoms with Crippen molar-refractivity contribution < 1.29 is 4.79 Å². The third-order valence-corrected chi connectivity index (χ3v) is 4.09. The summed E-state index contributed by atoms with van der Waals surface area (Å²) in [7, 11) is 0. The third-order valence-electron chi connectivity index (χ3n) is 3.60. The quantitative estimate of drug-likeness (QED) is 0.893. The fourth-order valence-electron chi connectivity index (χ4n) is 2.52. The first-order valence-corrected chi connectivity index (χ1v) is 7.70. The minimum Gasteiger partial charge on any atom is -0.350 e. The van der Waals surface area contributed by atoms with Gasteiger partial charge in [-0.25, -0.2) is 0 Å². The number of hydrogen-bond donors (Lipinski definition) is 2. The van der Waals surface area contributed by atoms with E-state index in [0.717, 1.165) is 29.5 Å². The number of carbonyl (C=O) groups excluding carboxylic acids is 1. The van der Waals surface area contributed by atoms with Crippen LogP contribution in [-0.2, 0) is 4.79 Å². The molecule has 0 spiro atoms.